The zero-order chi connectivity index (χ0) is 19.2. The third kappa shape index (κ3) is 4.46. The van der Waals surface area contributed by atoms with Gasteiger partial charge < -0.3 is 24.7 Å². The van der Waals surface area contributed by atoms with E-state index in [0.29, 0.717) is 43.1 Å². The number of nitrogens with zero attached hydrogens (tertiary/aromatic N) is 1. The summed E-state index contributed by atoms with van der Waals surface area (Å²) in [7, 11) is 1.53. The molecule has 1 aromatic heterocycles. The predicted molar refractivity (Wildman–Crippen MR) is 97.4 cm³/mol. The van der Waals surface area contributed by atoms with Crippen LogP contribution >= 0.6 is 0 Å². The number of carbonyl (C=O) groups is 3. The number of carbonyl (C=O) groups excluding carboxylic acids is 3. The summed E-state index contributed by atoms with van der Waals surface area (Å²) in [4.78, 5) is 37.1. The van der Waals surface area contributed by atoms with Crippen LogP contribution in [0.1, 0.15) is 27.3 Å². The van der Waals surface area contributed by atoms with Gasteiger partial charge in [0.05, 0.1) is 6.61 Å². The van der Waals surface area contributed by atoms with E-state index in [9.17, 15) is 14.4 Å². The first-order valence-corrected chi connectivity index (χ1v) is 8.71. The van der Waals surface area contributed by atoms with Gasteiger partial charge in [-0.3, -0.25) is 9.59 Å². The second-order valence-electron chi connectivity index (χ2n) is 6.03. The summed E-state index contributed by atoms with van der Waals surface area (Å²) in [6.07, 6.45) is 0.449. The molecule has 0 unspecified atom stereocenters. The minimum atomic E-state index is -0.345. The maximum atomic E-state index is 12.4. The molecular weight excluding hydrogens is 350 g/mol. The number of amides is 3. The molecule has 142 valence electrons. The number of hydrogen-bond donors (Lipinski definition) is 2. The van der Waals surface area contributed by atoms with Crippen LogP contribution in [0.3, 0.4) is 0 Å². The normalized spacial score (nSPS) is 13.8. The molecule has 1 aliphatic heterocycles. The molecular formula is C19H21N3O5. The van der Waals surface area contributed by atoms with E-state index in [4.69, 9.17) is 9.15 Å². The summed E-state index contributed by atoms with van der Waals surface area (Å²) in [6.45, 7) is 1.82. The number of hydrogen-bond acceptors (Lipinski definition) is 5. The molecule has 8 heteroatoms. The van der Waals surface area contributed by atoms with Crippen molar-refractivity contribution in [2.45, 2.75) is 6.42 Å². The first kappa shape index (κ1) is 18.5. The number of cyclic esters (lactones) is 1. The Hall–Kier alpha value is -3.29. The van der Waals surface area contributed by atoms with E-state index < -0.39 is 0 Å². The fourth-order valence-corrected chi connectivity index (χ4v) is 2.76. The van der Waals surface area contributed by atoms with Crippen LogP contribution in [-0.4, -0.2) is 56.1 Å². The molecule has 0 radical (unpaired) electrons. The zero-order valence-corrected chi connectivity index (χ0v) is 15.0. The van der Waals surface area contributed by atoms with Gasteiger partial charge in [0, 0.05) is 37.8 Å². The van der Waals surface area contributed by atoms with Crippen LogP contribution in [0.4, 0.5) is 4.79 Å². The standard InChI is InChI=1S/C19H21N3O5/c1-20-18(24)16-7-6-15(27-16)13-4-2-5-14(12-13)17(23)21-8-10-22-9-3-11-26-19(22)25/h2,4-7,12H,3,8-11H2,1H3,(H,20,24)(H,21,23). The molecule has 0 saturated carbocycles. The van der Waals surface area contributed by atoms with Gasteiger partial charge in [0.25, 0.3) is 11.8 Å². The van der Waals surface area contributed by atoms with E-state index in [2.05, 4.69) is 10.6 Å². The lowest BCUT2D eigenvalue weighted by Gasteiger charge is -2.26. The topological polar surface area (TPSA) is 101 Å². The van der Waals surface area contributed by atoms with Crippen LogP contribution in [0.2, 0.25) is 0 Å². The molecule has 27 heavy (non-hydrogen) atoms. The SMILES string of the molecule is CNC(=O)c1ccc(-c2cccc(C(=O)NCCN3CCCOC3=O)c2)o1. The molecule has 0 bridgehead atoms. The highest BCUT2D eigenvalue weighted by atomic mass is 16.6. The maximum Gasteiger partial charge on any atom is 0.409 e. The Balaban J connectivity index is 1.61. The molecule has 0 spiro atoms. The molecule has 1 saturated heterocycles. The van der Waals surface area contributed by atoms with Crippen molar-refractivity contribution in [3.05, 3.63) is 47.7 Å². The van der Waals surface area contributed by atoms with Crippen LogP contribution in [0, 0.1) is 0 Å². The number of benzene rings is 1. The van der Waals surface area contributed by atoms with Gasteiger partial charge in [0.1, 0.15) is 5.76 Å². The van der Waals surface area contributed by atoms with Gasteiger partial charge in [0.2, 0.25) is 0 Å². The van der Waals surface area contributed by atoms with Gasteiger partial charge in [-0.1, -0.05) is 12.1 Å². The Morgan fingerprint density at radius 3 is 2.81 bits per heavy atom. The van der Waals surface area contributed by atoms with Crippen molar-refractivity contribution in [2.24, 2.45) is 0 Å². The Bertz CT molecular complexity index is 845. The fourth-order valence-electron chi connectivity index (χ4n) is 2.76. The van der Waals surface area contributed by atoms with Crippen molar-refractivity contribution >= 4 is 17.9 Å². The summed E-state index contributed by atoms with van der Waals surface area (Å²) < 4.78 is 10.5. The van der Waals surface area contributed by atoms with Gasteiger partial charge in [-0.05, 0) is 30.7 Å². The first-order valence-electron chi connectivity index (χ1n) is 8.71. The van der Waals surface area contributed by atoms with E-state index in [1.54, 1.807) is 41.3 Å². The quantitative estimate of drug-likeness (QED) is 0.807. The van der Waals surface area contributed by atoms with Gasteiger partial charge in [-0.15, -0.1) is 0 Å². The number of ether oxygens (including phenoxy) is 1. The van der Waals surface area contributed by atoms with Crippen molar-refractivity contribution in [2.75, 3.05) is 33.3 Å². The first-order chi connectivity index (χ1) is 13.1. The summed E-state index contributed by atoms with van der Waals surface area (Å²) in [5, 5.41) is 5.29. The van der Waals surface area contributed by atoms with Gasteiger partial charge >= 0.3 is 6.09 Å². The average molecular weight is 371 g/mol. The second kappa shape index (κ2) is 8.39. The third-order valence-electron chi connectivity index (χ3n) is 4.19. The minimum absolute atomic E-state index is 0.204. The molecule has 1 aromatic carbocycles. The lowest BCUT2D eigenvalue weighted by Crippen LogP contribution is -2.42. The molecule has 3 rings (SSSR count). The molecule has 1 aliphatic rings. The smallest absolute Gasteiger partial charge is 0.409 e. The number of furan rings is 1. The van der Waals surface area contributed by atoms with Gasteiger partial charge in [-0.2, -0.15) is 0 Å². The summed E-state index contributed by atoms with van der Waals surface area (Å²) >= 11 is 0. The highest BCUT2D eigenvalue weighted by Crippen LogP contribution is 2.23. The van der Waals surface area contributed by atoms with E-state index in [1.165, 1.54) is 7.05 Å². The minimum Gasteiger partial charge on any atom is -0.451 e. The third-order valence-corrected chi connectivity index (χ3v) is 4.19. The summed E-state index contributed by atoms with van der Waals surface area (Å²) in [5.74, 6) is 0.141. The predicted octanol–water partition coefficient (Wildman–Crippen LogP) is 1.88. The molecule has 2 heterocycles. The van der Waals surface area contributed by atoms with E-state index >= 15 is 0 Å². The zero-order valence-electron chi connectivity index (χ0n) is 15.0. The van der Waals surface area contributed by atoms with E-state index in [0.717, 1.165) is 6.42 Å². The van der Waals surface area contributed by atoms with E-state index in [-0.39, 0.29) is 23.7 Å². The van der Waals surface area contributed by atoms with Crippen LogP contribution in [0.15, 0.2) is 40.8 Å². The average Bonchev–Trinajstić information content (AvgIpc) is 3.19. The van der Waals surface area contributed by atoms with Crippen LogP contribution < -0.4 is 10.6 Å². The largest absolute Gasteiger partial charge is 0.451 e. The summed E-state index contributed by atoms with van der Waals surface area (Å²) in [6, 6.07) is 10.2. The summed E-state index contributed by atoms with van der Waals surface area (Å²) in [5.41, 5.74) is 1.16. The Kier molecular flexibility index (Phi) is 5.75. The maximum absolute atomic E-state index is 12.4. The number of nitrogens with one attached hydrogen (secondary N) is 2. The lowest BCUT2D eigenvalue weighted by molar-refractivity contribution is 0.0719. The van der Waals surface area contributed by atoms with Crippen molar-refractivity contribution in [3.8, 4) is 11.3 Å². The van der Waals surface area contributed by atoms with Gasteiger partial charge in [0.15, 0.2) is 5.76 Å². The highest BCUT2D eigenvalue weighted by Gasteiger charge is 2.19. The van der Waals surface area contributed by atoms with Crippen LogP contribution in [-0.2, 0) is 4.74 Å². The van der Waals surface area contributed by atoms with Crippen molar-refractivity contribution in [3.63, 3.8) is 0 Å². The van der Waals surface area contributed by atoms with Gasteiger partial charge in [-0.25, -0.2) is 4.79 Å². The fraction of sp³-hybridized carbons (Fsp3) is 0.316. The lowest BCUT2D eigenvalue weighted by atomic mass is 10.1. The molecule has 2 aromatic rings. The molecule has 8 nitrogen and oxygen atoms in total. The van der Waals surface area contributed by atoms with Crippen molar-refractivity contribution in [1.29, 1.82) is 0 Å². The molecule has 0 atom stereocenters. The Morgan fingerprint density at radius 2 is 2.04 bits per heavy atom. The Morgan fingerprint density at radius 1 is 1.19 bits per heavy atom. The van der Waals surface area contributed by atoms with Crippen LogP contribution in [0.25, 0.3) is 11.3 Å². The highest BCUT2D eigenvalue weighted by molar-refractivity contribution is 5.95. The second-order valence-corrected chi connectivity index (χ2v) is 6.03. The Labute approximate surface area is 156 Å². The van der Waals surface area contributed by atoms with E-state index in [1.807, 2.05) is 0 Å². The van der Waals surface area contributed by atoms with Crippen molar-refractivity contribution in [1.82, 2.24) is 15.5 Å². The molecule has 2 N–H and O–H groups in total. The monoisotopic (exact) mass is 371 g/mol. The van der Waals surface area contributed by atoms with Crippen molar-refractivity contribution < 1.29 is 23.5 Å². The molecule has 0 aliphatic carbocycles. The van der Waals surface area contributed by atoms with Crippen LogP contribution in [0.5, 0.6) is 0 Å². The molecule has 1 fully saturated rings. The number of rotatable bonds is 6. The molecule has 3 amide bonds.